The first-order chi connectivity index (χ1) is 6.89. The van der Waals surface area contributed by atoms with E-state index in [-0.39, 0.29) is 13.2 Å². The number of hydrogen-bond donors (Lipinski definition) is 0. The van der Waals surface area contributed by atoms with Crippen LogP contribution in [0.4, 0.5) is 0 Å². The number of aldehydes is 1. The summed E-state index contributed by atoms with van der Waals surface area (Å²) in [6.07, 6.45) is 0.672. The fraction of sp³-hybridized carbons (Fsp3) is 0.778. The monoisotopic (exact) mass is 235 g/mol. The number of carbonyl (C=O) groups is 1. The zero-order chi connectivity index (χ0) is 11.9. The number of hydrogen-bond acceptors (Lipinski definition) is 5. The maximum atomic E-state index is 11.9. The van der Waals surface area contributed by atoms with Crippen molar-refractivity contribution in [2.45, 2.75) is 33.2 Å². The van der Waals surface area contributed by atoms with Gasteiger partial charge in [0.05, 0.1) is 13.2 Å². The SMILES string of the molecule is CCOP(=O)(/C=N\C(C)(C)C=O)OCC. The molecule has 15 heavy (non-hydrogen) atoms. The van der Waals surface area contributed by atoms with Gasteiger partial charge in [-0.1, -0.05) is 0 Å². The van der Waals surface area contributed by atoms with Gasteiger partial charge in [0.1, 0.15) is 17.8 Å². The van der Waals surface area contributed by atoms with E-state index in [2.05, 4.69) is 4.99 Å². The number of nitrogens with zero attached hydrogens (tertiary/aromatic N) is 1. The van der Waals surface area contributed by atoms with E-state index in [1.165, 1.54) is 0 Å². The molecule has 88 valence electrons. The lowest BCUT2D eigenvalue weighted by atomic mass is 10.1. The van der Waals surface area contributed by atoms with Crippen LogP contribution < -0.4 is 0 Å². The topological polar surface area (TPSA) is 65.0 Å². The minimum Gasteiger partial charge on any atom is -0.305 e. The molecule has 0 saturated heterocycles. The molecule has 0 N–H and O–H groups in total. The van der Waals surface area contributed by atoms with Crippen molar-refractivity contribution in [2.75, 3.05) is 13.2 Å². The Morgan fingerprint density at radius 1 is 1.27 bits per heavy atom. The molecule has 0 aromatic heterocycles. The van der Waals surface area contributed by atoms with Crippen LogP contribution in [0.3, 0.4) is 0 Å². The molecule has 0 rings (SSSR count). The summed E-state index contributed by atoms with van der Waals surface area (Å²) < 4.78 is 21.8. The van der Waals surface area contributed by atoms with Gasteiger partial charge < -0.3 is 13.8 Å². The van der Waals surface area contributed by atoms with Gasteiger partial charge in [0.15, 0.2) is 0 Å². The Hall–Kier alpha value is -0.510. The van der Waals surface area contributed by atoms with E-state index in [0.29, 0.717) is 6.29 Å². The first-order valence-electron chi connectivity index (χ1n) is 4.80. The van der Waals surface area contributed by atoms with Crippen molar-refractivity contribution in [1.82, 2.24) is 0 Å². The Morgan fingerprint density at radius 3 is 2.07 bits per heavy atom. The maximum absolute atomic E-state index is 11.9. The van der Waals surface area contributed by atoms with Crippen molar-refractivity contribution in [2.24, 2.45) is 4.99 Å². The fourth-order valence-electron chi connectivity index (χ4n) is 0.714. The number of rotatable bonds is 7. The second kappa shape index (κ2) is 6.16. The predicted molar refractivity (Wildman–Crippen MR) is 59.5 cm³/mol. The Labute approximate surface area is 90.4 Å². The van der Waals surface area contributed by atoms with Gasteiger partial charge in [-0.25, -0.2) is 0 Å². The lowest BCUT2D eigenvalue weighted by molar-refractivity contribution is -0.111. The van der Waals surface area contributed by atoms with Crippen LogP contribution >= 0.6 is 7.60 Å². The molecule has 0 saturated carbocycles. The normalized spacial score (nSPS) is 13.3. The average Bonchev–Trinajstić information content (AvgIpc) is 2.16. The van der Waals surface area contributed by atoms with E-state index < -0.39 is 13.1 Å². The molecule has 0 bridgehead atoms. The summed E-state index contributed by atoms with van der Waals surface area (Å²) in [5.74, 6) is 1.11. The highest BCUT2D eigenvalue weighted by atomic mass is 31.2. The summed E-state index contributed by atoms with van der Waals surface area (Å²) >= 11 is 0. The first kappa shape index (κ1) is 14.5. The van der Waals surface area contributed by atoms with Crippen molar-refractivity contribution in [1.29, 1.82) is 0 Å². The maximum Gasteiger partial charge on any atom is 0.371 e. The summed E-state index contributed by atoms with van der Waals surface area (Å²) in [6.45, 7) is 7.18. The molecule has 0 aromatic carbocycles. The summed E-state index contributed by atoms with van der Waals surface area (Å²) in [4.78, 5) is 14.5. The molecule has 0 heterocycles. The highest BCUT2D eigenvalue weighted by Gasteiger charge is 2.23. The lowest BCUT2D eigenvalue weighted by Crippen LogP contribution is -2.18. The highest BCUT2D eigenvalue weighted by molar-refractivity contribution is 7.69. The number of aliphatic imine (C=N–C) groups is 1. The molecular weight excluding hydrogens is 217 g/mol. The molecule has 0 spiro atoms. The van der Waals surface area contributed by atoms with Gasteiger partial charge in [-0.05, 0) is 27.7 Å². The van der Waals surface area contributed by atoms with Gasteiger partial charge >= 0.3 is 7.60 Å². The van der Waals surface area contributed by atoms with Crippen LogP contribution in [-0.4, -0.2) is 31.0 Å². The smallest absolute Gasteiger partial charge is 0.305 e. The van der Waals surface area contributed by atoms with E-state index in [1.807, 2.05) is 0 Å². The van der Waals surface area contributed by atoms with Crippen LogP contribution in [0.25, 0.3) is 0 Å². The van der Waals surface area contributed by atoms with Crippen molar-refractivity contribution in [3.63, 3.8) is 0 Å². The fourth-order valence-corrected chi connectivity index (χ4v) is 2.08. The molecule has 5 nitrogen and oxygen atoms in total. The van der Waals surface area contributed by atoms with Crippen LogP contribution in [-0.2, 0) is 18.4 Å². The minimum atomic E-state index is -3.28. The van der Waals surface area contributed by atoms with Gasteiger partial charge in [0, 0.05) is 0 Å². The molecule has 0 unspecified atom stereocenters. The molecule has 0 radical (unpaired) electrons. The van der Waals surface area contributed by atoms with Crippen LogP contribution in [0.5, 0.6) is 0 Å². The summed E-state index contributed by atoms with van der Waals surface area (Å²) in [5, 5.41) is 0. The van der Waals surface area contributed by atoms with Crippen molar-refractivity contribution in [3.05, 3.63) is 0 Å². The van der Waals surface area contributed by atoms with Crippen LogP contribution in [0, 0.1) is 0 Å². The van der Waals surface area contributed by atoms with Crippen molar-refractivity contribution < 1.29 is 18.4 Å². The molecule has 6 heteroatoms. The summed E-state index contributed by atoms with van der Waals surface area (Å²) in [7, 11) is -3.28. The van der Waals surface area contributed by atoms with Gasteiger partial charge in [-0.3, -0.25) is 9.56 Å². The molecular formula is C9H18NO4P. The molecule has 0 aliphatic carbocycles. The third-order valence-electron chi connectivity index (χ3n) is 1.44. The van der Waals surface area contributed by atoms with Gasteiger partial charge in [0.2, 0.25) is 0 Å². The van der Waals surface area contributed by atoms with Crippen molar-refractivity contribution in [3.8, 4) is 0 Å². The van der Waals surface area contributed by atoms with Crippen molar-refractivity contribution >= 4 is 19.8 Å². The third-order valence-corrected chi connectivity index (χ3v) is 3.07. The minimum absolute atomic E-state index is 0.269. The Morgan fingerprint density at radius 2 is 1.73 bits per heavy atom. The first-order valence-corrected chi connectivity index (χ1v) is 6.42. The second-order valence-electron chi connectivity index (χ2n) is 3.39. The van der Waals surface area contributed by atoms with Gasteiger partial charge in [-0.15, -0.1) is 0 Å². The molecule has 0 amide bonds. The van der Waals surface area contributed by atoms with E-state index in [0.717, 1.165) is 5.96 Å². The second-order valence-corrected chi connectivity index (χ2v) is 5.22. The Balaban J connectivity index is 4.67. The summed E-state index contributed by atoms with van der Waals surface area (Å²) in [6, 6.07) is 0. The molecule has 0 aliphatic heterocycles. The zero-order valence-electron chi connectivity index (χ0n) is 9.60. The summed E-state index contributed by atoms with van der Waals surface area (Å²) in [5.41, 5.74) is -0.899. The average molecular weight is 235 g/mol. The van der Waals surface area contributed by atoms with Crippen LogP contribution in [0.2, 0.25) is 0 Å². The number of carbonyl (C=O) groups excluding carboxylic acids is 1. The highest BCUT2D eigenvalue weighted by Crippen LogP contribution is 2.45. The van der Waals surface area contributed by atoms with Crippen LogP contribution in [0.15, 0.2) is 4.99 Å². The Bertz CT molecular complexity index is 265. The lowest BCUT2D eigenvalue weighted by Gasteiger charge is -2.15. The molecule has 0 atom stereocenters. The Kier molecular flexibility index (Phi) is 5.95. The van der Waals surface area contributed by atoms with E-state index in [9.17, 15) is 9.36 Å². The largest absolute Gasteiger partial charge is 0.371 e. The molecule has 0 fully saturated rings. The molecule has 0 aromatic rings. The molecule has 0 aliphatic rings. The quantitative estimate of drug-likeness (QED) is 0.385. The van der Waals surface area contributed by atoms with E-state index in [1.54, 1.807) is 27.7 Å². The van der Waals surface area contributed by atoms with E-state index in [4.69, 9.17) is 9.05 Å². The van der Waals surface area contributed by atoms with Gasteiger partial charge in [0.25, 0.3) is 0 Å². The van der Waals surface area contributed by atoms with Gasteiger partial charge in [-0.2, -0.15) is 0 Å². The third kappa shape index (κ3) is 5.82. The van der Waals surface area contributed by atoms with Crippen LogP contribution in [0.1, 0.15) is 27.7 Å². The zero-order valence-corrected chi connectivity index (χ0v) is 10.5. The standard InChI is InChI=1S/C9H18NO4P/c1-5-13-15(12,14-6-2)8-10-9(3,4)7-11/h7-8H,5-6H2,1-4H3/b10-8-. The van der Waals surface area contributed by atoms with E-state index >= 15 is 0 Å². The predicted octanol–water partition coefficient (Wildman–Crippen LogP) is 2.26.